The third-order valence-electron chi connectivity index (χ3n) is 1.59. The smallest absolute Gasteiger partial charge is 0.129 e. The second kappa shape index (κ2) is 5.09. The van der Waals surface area contributed by atoms with E-state index in [1.165, 1.54) is 0 Å². The molecule has 1 heterocycles. The molecule has 0 amide bonds. The van der Waals surface area contributed by atoms with Crippen LogP contribution in [0.3, 0.4) is 0 Å². The zero-order valence-corrected chi connectivity index (χ0v) is 8.01. The molecule has 3 heteroatoms. The second-order valence-corrected chi connectivity index (χ2v) is 3.03. The molecular formula is C9H13ClN2. The minimum Gasteiger partial charge on any atom is -0.241 e. The molecule has 1 rings (SSSR count). The molecule has 0 aromatic carbocycles. The van der Waals surface area contributed by atoms with Crippen molar-refractivity contribution in [3.63, 3.8) is 0 Å². The van der Waals surface area contributed by atoms with Gasteiger partial charge < -0.3 is 0 Å². The van der Waals surface area contributed by atoms with E-state index >= 15 is 0 Å². The van der Waals surface area contributed by atoms with Crippen LogP contribution in [0.2, 0.25) is 0 Å². The standard InChI is InChI=1S/C9H13ClN2/c1-2-3-8-5-7-11-9(12-8)4-6-10/h5,7H,2-4,6H2,1H3. The highest BCUT2D eigenvalue weighted by Gasteiger charge is 1.97. The van der Waals surface area contributed by atoms with Crippen molar-refractivity contribution in [1.82, 2.24) is 9.97 Å². The largest absolute Gasteiger partial charge is 0.241 e. The predicted molar refractivity (Wildman–Crippen MR) is 50.5 cm³/mol. The van der Waals surface area contributed by atoms with Gasteiger partial charge in [-0.25, -0.2) is 9.97 Å². The van der Waals surface area contributed by atoms with Gasteiger partial charge in [-0.3, -0.25) is 0 Å². The summed E-state index contributed by atoms with van der Waals surface area (Å²) in [5, 5.41) is 0. The second-order valence-electron chi connectivity index (χ2n) is 2.65. The summed E-state index contributed by atoms with van der Waals surface area (Å²) in [4.78, 5) is 8.47. The van der Waals surface area contributed by atoms with Crippen LogP contribution in [0.15, 0.2) is 12.3 Å². The molecule has 12 heavy (non-hydrogen) atoms. The van der Waals surface area contributed by atoms with E-state index in [0.717, 1.165) is 30.8 Å². The minimum atomic E-state index is 0.593. The van der Waals surface area contributed by atoms with Gasteiger partial charge >= 0.3 is 0 Å². The van der Waals surface area contributed by atoms with Crippen LogP contribution in [0.25, 0.3) is 0 Å². The highest BCUT2D eigenvalue weighted by Crippen LogP contribution is 2.00. The Bertz CT molecular complexity index is 216. The van der Waals surface area contributed by atoms with Crippen molar-refractivity contribution in [2.75, 3.05) is 5.88 Å². The Morgan fingerprint density at radius 2 is 2.25 bits per heavy atom. The quantitative estimate of drug-likeness (QED) is 0.671. The van der Waals surface area contributed by atoms with E-state index in [-0.39, 0.29) is 0 Å². The Balaban J connectivity index is 2.67. The average Bonchev–Trinajstić information content (AvgIpc) is 2.06. The summed E-state index contributed by atoms with van der Waals surface area (Å²) >= 11 is 5.59. The first-order valence-electron chi connectivity index (χ1n) is 4.23. The summed E-state index contributed by atoms with van der Waals surface area (Å²) < 4.78 is 0. The number of hydrogen-bond donors (Lipinski definition) is 0. The minimum absolute atomic E-state index is 0.593. The number of aromatic nitrogens is 2. The third kappa shape index (κ3) is 2.78. The molecule has 0 radical (unpaired) electrons. The highest BCUT2D eigenvalue weighted by atomic mass is 35.5. The van der Waals surface area contributed by atoms with E-state index in [4.69, 9.17) is 11.6 Å². The normalized spacial score (nSPS) is 10.2. The third-order valence-corrected chi connectivity index (χ3v) is 1.78. The van der Waals surface area contributed by atoms with Gasteiger partial charge in [-0.15, -0.1) is 11.6 Å². The van der Waals surface area contributed by atoms with Crippen molar-refractivity contribution in [1.29, 1.82) is 0 Å². The molecule has 0 fully saturated rings. The van der Waals surface area contributed by atoms with Gasteiger partial charge in [-0.05, 0) is 12.5 Å². The predicted octanol–water partition coefficient (Wildman–Crippen LogP) is 2.21. The van der Waals surface area contributed by atoms with Crippen LogP contribution in [-0.2, 0) is 12.8 Å². The molecule has 0 aliphatic heterocycles. The molecule has 0 aliphatic carbocycles. The SMILES string of the molecule is CCCc1ccnc(CCCl)n1. The highest BCUT2D eigenvalue weighted by molar-refractivity contribution is 6.17. The van der Waals surface area contributed by atoms with Crippen molar-refractivity contribution in [2.24, 2.45) is 0 Å². The number of aryl methyl sites for hydroxylation is 2. The van der Waals surface area contributed by atoms with Crippen molar-refractivity contribution in [3.05, 3.63) is 23.8 Å². The lowest BCUT2D eigenvalue weighted by molar-refractivity contribution is 0.835. The van der Waals surface area contributed by atoms with Crippen molar-refractivity contribution >= 4 is 11.6 Å². The zero-order valence-electron chi connectivity index (χ0n) is 7.26. The molecule has 0 saturated carbocycles. The molecule has 2 nitrogen and oxygen atoms in total. The summed E-state index contributed by atoms with van der Waals surface area (Å²) in [6, 6.07) is 1.96. The molecule has 0 spiro atoms. The van der Waals surface area contributed by atoms with Gasteiger partial charge in [0.1, 0.15) is 5.82 Å². The Kier molecular flexibility index (Phi) is 4.01. The first kappa shape index (κ1) is 9.46. The van der Waals surface area contributed by atoms with Crippen molar-refractivity contribution < 1.29 is 0 Å². The van der Waals surface area contributed by atoms with Crippen LogP contribution in [0.4, 0.5) is 0 Å². The summed E-state index contributed by atoms with van der Waals surface area (Å²) in [5.74, 6) is 1.45. The van der Waals surface area contributed by atoms with E-state index < -0.39 is 0 Å². The zero-order chi connectivity index (χ0) is 8.81. The van der Waals surface area contributed by atoms with Gasteiger partial charge in [0, 0.05) is 24.2 Å². The molecule has 0 N–H and O–H groups in total. The van der Waals surface area contributed by atoms with Gasteiger partial charge in [0.15, 0.2) is 0 Å². The Morgan fingerprint density at radius 1 is 1.42 bits per heavy atom. The molecule has 0 aliphatic rings. The summed E-state index contributed by atoms with van der Waals surface area (Å²) in [6.07, 6.45) is 4.72. The monoisotopic (exact) mass is 184 g/mol. The van der Waals surface area contributed by atoms with E-state index in [9.17, 15) is 0 Å². The molecule has 0 saturated heterocycles. The van der Waals surface area contributed by atoms with E-state index in [2.05, 4.69) is 16.9 Å². The summed E-state index contributed by atoms with van der Waals surface area (Å²) in [7, 11) is 0. The molecule has 1 aromatic heterocycles. The lowest BCUT2D eigenvalue weighted by Crippen LogP contribution is -1.99. The van der Waals surface area contributed by atoms with Crippen LogP contribution in [0, 0.1) is 0 Å². The topological polar surface area (TPSA) is 25.8 Å². The van der Waals surface area contributed by atoms with Crippen LogP contribution < -0.4 is 0 Å². The fraction of sp³-hybridized carbons (Fsp3) is 0.556. The van der Waals surface area contributed by atoms with Crippen LogP contribution in [-0.4, -0.2) is 15.8 Å². The van der Waals surface area contributed by atoms with Gasteiger partial charge in [0.2, 0.25) is 0 Å². The van der Waals surface area contributed by atoms with Gasteiger partial charge in [-0.2, -0.15) is 0 Å². The van der Waals surface area contributed by atoms with Crippen LogP contribution in [0.1, 0.15) is 24.9 Å². The number of hydrogen-bond acceptors (Lipinski definition) is 2. The first-order valence-corrected chi connectivity index (χ1v) is 4.77. The Labute approximate surface area is 78.0 Å². The van der Waals surface area contributed by atoms with Crippen molar-refractivity contribution in [2.45, 2.75) is 26.2 Å². The fourth-order valence-electron chi connectivity index (χ4n) is 1.04. The molecular weight excluding hydrogens is 172 g/mol. The number of rotatable bonds is 4. The Hall–Kier alpha value is -0.630. The fourth-order valence-corrected chi connectivity index (χ4v) is 1.21. The van der Waals surface area contributed by atoms with Gasteiger partial charge in [-0.1, -0.05) is 13.3 Å². The molecule has 0 bridgehead atoms. The number of halogens is 1. The maximum atomic E-state index is 5.59. The maximum absolute atomic E-state index is 5.59. The Morgan fingerprint density at radius 3 is 2.92 bits per heavy atom. The lowest BCUT2D eigenvalue weighted by atomic mass is 10.2. The lowest BCUT2D eigenvalue weighted by Gasteiger charge is -1.99. The van der Waals surface area contributed by atoms with Gasteiger partial charge in [0.25, 0.3) is 0 Å². The van der Waals surface area contributed by atoms with Crippen LogP contribution in [0.5, 0.6) is 0 Å². The first-order chi connectivity index (χ1) is 5.86. The molecule has 0 atom stereocenters. The summed E-state index contributed by atoms with van der Waals surface area (Å²) in [5.41, 5.74) is 1.12. The molecule has 1 aromatic rings. The van der Waals surface area contributed by atoms with E-state index in [1.54, 1.807) is 6.20 Å². The summed E-state index contributed by atoms with van der Waals surface area (Å²) in [6.45, 7) is 2.14. The molecule has 0 unspecified atom stereocenters. The number of alkyl halides is 1. The average molecular weight is 185 g/mol. The maximum Gasteiger partial charge on any atom is 0.129 e. The van der Waals surface area contributed by atoms with Crippen molar-refractivity contribution in [3.8, 4) is 0 Å². The van der Waals surface area contributed by atoms with Crippen LogP contribution >= 0.6 is 11.6 Å². The molecule has 66 valence electrons. The number of nitrogens with zero attached hydrogens (tertiary/aromatic N) is 2. The van der Waals surface area contributed by atoms with Gasteiger partial charge in [0.05, 0.1) is 0 Å². The van der Waals surface area contributed by atoms with E-state index in [1.807, 2.05) is 6.07 Å². The van der Waals surface area contributed by atoms with E-state index in [0.29, 0.717) is 5.88 Å².